The van der Waals surface area contributed by atoms with Crippen LogP contribution in [0.4, 0.5) is 0 Å². The maximum absolute atomic E-state index is 11.8. The first-order valence-electron chi connectivity index (χ1n) is 6.09. The Kier molecular flexibility index (Phi) is 5.10. The van der Waals surface area contributed by atoms with E-state index in [1.165, 1.54) is 5.56 Å². The monoisotopic (exact) mass is 319 g/mol. The summed E-state index contributed by atoms with van der Waals surface area (Å²) in [6.07, 6.45) is 3.34. The Labute approximate surface area is 120 Å². The van der Waals surface area contributed by atoms with Crippen LogP contribution in [0.25, 0.3) is 0 Å². The van der Waals surface area contributed by atoms with Crippen LogP contribution >= 0.6 is 15.9 Å². The molecule has 0 aliphatic rings. The lowest BCUT2D eigenvalue weighted by atomic mass is 10.1. The summed E-state index contributed by atoms with van der Waals surface area (Å²) in [5.74, 6) is -0.340. The van der Waals surface area contributed by atoms with Gasteiger partial charge in [-0.1, -0.05) is 30.3 Å². The molecule has 0 saturated heterocycles. The SMILES string of the molecule is O=C(OCCCc1ccccc1)c1cccnc1Br. The van der Waals surface area contributed by atoms with Crippen molar-refractivity contribution in [1.29, 1.82) is 0 Å². The van der Waals surface area contributed by atoms with Crippen LogP contribution in [0.1, 0.15) is 22.3 Å². The van der Waals surface area contributed by atoms with Gasteiger partial charge in [0, 0.05) is 6.20 Å². The first kappa shape index (κ1) is 13.7. The number of ether oxygens (including phenoxy) is 1. The van der Waals surface area contributed by atoms with Crippen molar-refractivity contribution in [2.75, 3.05) is 6.61 Å². The van der Waals surface area contributed by atoms with Gasteiger partial charge in [0.1, 0.15) is 4.60 Å². The Hall–Kier alpha value is -1.68. The molecule has 0 N–H and O–H groups in total. The van der Waals surface area contributed by atoms with E-state index in [4.69, 9.17) is 4.74 Å². The highest BCUT2D eigenvalue weighted by Crippen LogP contribution is 2.13. The van der Waals surface area contributed by atoms with E-state index in [0.717, 1.165) is 12.8 Å². The van der Waals surface area contributed by atoms with Crippen LogP contribution in [0.3, 0.4) is 0 Å². The molecule has 1 aromatic heterocycles. The van der Waals surface area contributed by atoms with E-state index in [-0.39, 0.29) is 5.97 Å². The molecule has 0 aliphatic carbocycles. The number of carbonyl (C=O) groups is 1. The quantitative estimate of drug-likeness (QED) is 0.480. The number of aryl methyl sites for hydroxylation is 1. The Balaban J connectivity index is 1.77. The first-order chi connectivity index (χ1) is 9.27. The number of halogens is 1. The number of hydrogen-bond donors (Lipinski definition) is 0. The average Bonchev–Trinajstić information content (AvgIpc) is 2.45. The number of esters is 1. The smallest absolute Gasteiger partial charge is 0.340 e. The molecule has 0 aliphatic heterocycles. The highest BCUT2D eigenvalue weighted by Gasteiger charge is 2.11. The lowest BCUT2D eigenvalue weighted by Gasteiger charge is -2.05. The van der Waals surface area contributed by atoms with Gasteiger partial charge < -0.3 is 4.74 Å². The molecule has 0 spiro atoms. The van der Waals surface area contributed by atoms with Crippen LogP contribution in [0.2, 0.25) is 0 Å². The molecule has 3 nitrogen and oxygen atoms in total. The molecule has 0 radical (unpaired) electrons. The summed E-state index contributed by atoms with van der Waals surface area (Å²) in [6.45, 7) is 0.412. The molecule has 1 aromatic carbocycles. The van der Waals surface area contributed by atoms with E-state index in [1.807, 2.05) is 18.2 Å². The number of carbonyl (C=O) groups excluding carboxylic acids is 1. The molecule has 1 heterocycles. The molecule has 98 valence electrons. The van der Waals surface area contributed by atoms with Gasteiger partial charge in [-0.2, -0.15) is 0 Å². The van der Waals surface area contributed by atoms with E-state index >= 15 is 0 Å². The predicted octanol–water partition coefficient (Wildman–Crippen LogP) is 3.63. The fourth-order valence-corrected chi connectivity index (χ4v) is 2.11. The number of hydrogen-bond acceptors (Lipinski definition) is 3. The standard InChI is InChI=1S/C15H14BrNO2/c16-14-13(9-4-10-17-14)15(18)19-11-5-8-12-6-2-1-3-7-12/h1-4,6-7,9-10H,5,8,11H2. The van der Waals surface area contributed by atoms with Crippen molar-refractivity contribution in [3.63, 3.8) is 0 Å². The van der Waals surface area contributed by atoms with Crippen LogP contribution in [0.5, 0.6) is 0 Å². The zero-order chi connectivity index (χ0) is 13.5. The summed E-state index contributed by atoms with van der Waals surface area (Å²) in [6, 6.07) is 13.5. The topological polar surface area (TPSA) is 39.2 Å². The third kappa shape index (κ3) is 4.17. The number of nitrogens with zero attached hydrogens (tertiary/aromatic N) is 1. The number of benzene rings is 1. The van der Waals surface area contributed by atoms with Gasteiger partial charge in [0.2, 0.25) is 0 Å². The Morgan fingerprint density at radius 1 is 1.16 bits per heavy atom. The second kappa shape index (κ2) is 7.04. The molecule has 19 heavy (non-hydrogen) atoms. The average molecular weight is 320 g/mol. The van der Waals surface area contributed by atoms with Crippen LogP contribution < -0.4 is 0 Å². The van der Waals surface area contributed by atoms with Crippen molar-refractivity contribution in [1.82, 2.24) is 4.98 Å². The van der Waals surface area contributed by atoms with E-state index in [0.29, 0.717) is 16.8 Å². The number of aromatic nitrogens is 1. The first-order valence-corrected chi connectivity index (χ1v) is 6.88. The van der Waals surface area contributed by atoms with Gasteiger partial charge in [-0.15, -0.1) is 0 Å². The Morgan fingerprint density at radius 3 is 2.68 bits per heavy atom. The van der Waals surface area contributed by atoms with Crippen molar-refractivity contribution < 1.29 is 9.53 Å². The van der Waals surface area contributed by atoms with Gasteiger partial charge in [0.05, 0.1) is 12.2 Å². The molecule has 0 fully saturated rings. The van der Waals surface area contributed by atoms with Gasteiger partial charge in [-0.3, -0.25) is 0 Å². The fourth-order valence-electron chi connectivity index (χ4n) is 1.70. The van der Waals surface area contributed by atoms with Gasteiger partial charge in [-0.25, -0.2) is 9.78 Å². The van der Waals surface area contributed by atoms with Crippen molar-refractivity contribution in [3.05, 3.63) is 64.4 Å². The molecule has 0 saturated carbocycles. The molecule has 4 heteroatoms. The van der Waals surface area contributed by atoms with Gasteiger partial charge in [0.25, 0.3) is 0 Å². The molecule has 0 amide bonds. The molecule has 0 atom stereocenters. The molecule has 0 bridgehead atoms. The van der Waals surface area contributed by atoms with Crippen LogP contribution in [-0.2, 0) is 11.2 Å². The largest absolute Gasteiger partial charge is 0.462 e. The third-order valence-electron chi connectivity index (χ3n) is 2.66. The maximum Gasteiger partial charge on any atom is 0.340 e. The van der Waals surface area contributed by atoms with Gasteiger partial charge in [-0.05, 0) is 46.5 Å². The van der Waals surface area contributed by atoms with Crippen LogP contribution in [-0.4, -0.2) is 17.6 Å². The Bertz CT molecular complexity index is 543. The van der Waals surface area contributed by atoms with Crippen molar-refractivity contribution in [2.24, 2.45) is 0 Å². The second-order valence-corrected chi connectivity index (χ2v) is 4.82. The van der Waals surface area contributed by atoms with Crippen molar-refractivity contribution >= 4 is 21.9 Å². The second-order valence-electron chi connectivity index (χ2n) is 4.07. The lowest BCUT2D eigenvalue weighted by Crippen LogP contribution is -2.08. The van der Waals surface area contributed by atoms with Crippen LogP contribution in [0.15, 0.2) is 53.3 Å². The van der Waals surface area contributed by atoms with Crippen LogP contribution in [0, 0.1) is 0 Å². The van der Waals surface area contributed by atoms with Crippen molar-refractivity contribution in [3.8, 4) is 0 Å². The van der Waals surface area contributed by atoms with E-state index in [9.17, 15) is 4.79 Å². The van der Waals surface area contributed by atoms with E-state index in [2.05, 4.69) is 33.0 Å². The van der Waals surface area contributed by atoms with Gasteiger partial charge in [0.15, 0.2) is 0 Å². The number of pyridine rings is 1. The molecule has 0 unspecified atom stereocenters. The highest BCUT2D eigenvalue weighted by atomic mass is 79.9. The lowest BCUT2D eigenvalue weighted by molar-refractivity contribution is 0.0499. The van der Waals surface area contributed by atoms with Gasteiger partial charge >= 0.3 is 5.97 Å². The zero-order valence-corrected chi connectivity index (χ0v) is 12.0. The molecule has 2 rings (SSSR count). The normalized spacial score (nSPS) is 10.2. The minimum Gasteiger partial charge on any atom is -0.462 e. The minimum atomic E-state index is -0.340. The summed E-state index contributed by atoms with van der Waals surface area (Å²) in [5.41, 5.74) is 1.71. The summed E-state index contributed by atoms with van der Waals surface area (Å²) >= 11 is 3.23. The molecule has 2 aromatic rings. The summed E-state index contributed by atoms with van der Waals surface area (Å²) < 4.78 is 5.74. The minimum absolute atomic E-state index is 0.340. The maximum atomic E-state index is 11.8. The number of rotatable bonds is 5. The summed E-state index contributed by atoms with van der Waals surface area (Å²) in [7, 11) is 0. The van der Waals surface area contributed by atoms with E-state index in [1.54, 1.807) is 18.3 Å². The Morgan fingerprint density at radius 2 is 1.95 bits per heavy atom. The molecular formula is C15H14BrNO2. The summed E-state index contributed by atoms with van der Waals surface area (Å²) in [5, 5.41) is 0. The third-order valence-corrected chi connectivity index (χ3v) is 3.30. The van der Waals surface area contributed by atoms with Crippen molar-refractivity contribution in [2.45, 2.75) is 12.8 Å². The van der Waals surface area contributed by atoms with E-state index < -0.39 is 0 Å². The predicted molar refractivity (Wildman–Crippen MR) is 77.0 cm³/mol. The highest BCUT2D eigenvalue weighted by molar-refractivity contribution is 9.10. The summed E-state index contributed by atoms with van der Waals surface area (Å²) in [4.78, 5) is 15.8. The molecular weight excluding hydrogens is 306 g/mol. The fraction of sp³-hybridized carbons (Fsp3) is 0.200. The zero-order valence-electron chi connectivity index (χ0n) is 10.4.